The van der Waals surface area contributed by atoms with E-state index in [1.54, 1.807) is 0 Å². The molecule has 3 aromatic rings. The van der Waals surface area contributed by atoms with Crippen molar-refractivity contribution >= 4 is 10.9 Å². The molecule has 1 aromatic carbocycles. The second-order valence-electron chi connectivity index (χ2n) is 4.55. The van der Waals surface area contributed by atoms with Crippen molar-refractivity contribution in [2.75, 3.05) is 0 Å². The van der Waals surface area contributed by atoms with Crippen LogP contribution in [0.3, 0.4) is 0 Å². The molecule has 0 aliphatic carbocycles. The van der Waals surface area contributed by atoms with Gasteiger partial charge >= 0.3 is 0 Å². The van der Waals surface area contributed by atoms with Gasteiger partial charge in [-0.05, 0) is 6.07 Å². The van der Waals surface area contributed by atoms with Gasteiger partial charge in [-0.3, -0.25) is 9.78 Å². The Morgan fingerprint density at radius 2 is 2.05 bits per heavy atom. The lowest BCUT2D eigenvalue weighted by molar-refractivity contribution is 0.450. The highest BCUT2D eigenvalue weighted by Crippen LogP contribution is 2.33. The summed E-state index contributed by atoms with van der Waals surface area (Å²) in [4.78, 5) is 13.8. The number of aryl methyl sites for hydroxylation is 1. The quantitative estimate of drug-likeness (QED) is 0.707. The average Bonchev–Trinajstić information content (AvgIpc) is 2.76. The second-order valence-corrected chi connectivity index (χ2v) is 4.55. The molecule has 5 heteroatoms. The summed E-state index contributed by atoms with van der Waals surface area (Å²) in [5.41, 5.74) is 1.81. The van der Waals surface area contributed by atoms with Gasteiger partial charge in [0.1, 0.15) is 11.6 Å². The molecule has 0 fully saturated rings. The van der Waals surface area contributed by atoms with Crippen LogP contribution < -0.4 is 5.56 Å². The lowest BCUT2D eigenvalue weighted by Gasteiger charge is -2.03. The molecule has 0 amide bonds. The number of aromatic amines is 1. The van der Waals surface area contributed by atoms with Crippen molar-refractivity contribution in [3.05, 3.63) is 52.4 Å². The SMILES string of the molecule is Cn1cc(-c2cc(=O)[nH]c(O)c2C#N)c2ccccc21. The van der Waals surface area contributed by atoms with E-state index in [-0.39, 0.29) is 5.56 Å². The summed E-state index contributed by atoms with van der Waals surface area (Å²) in [6.45, 7) is 0. The van der Waals surface area contributed by atoms with Crippen molar-refractivity contribution in [2.24, 2.45) is 7.05 Å². The molecular weight excluding hydrogens is 254 g/mol. The third kappa shape index (κ3) is 1.67. The van der Waals surface area contributed by atoms with Gasteiger partial charge in [0.25, 0.3) is 5.56 Å². The van der Waals surface area contributed by atoms with Gasteiger partial charge in [0, 0.05) is 41.3 Å². The molecular formula is C15H11N3O2. The van der Waals surface area contributed by atoms with Crippen LogP contribution in [0.25, 0.3) is 22.0 Å². The number of H-pyrrole nitrogens is 1. The van der Waals surface area contributed by atoms with Crippen molar-refractivity contribution < 1.29 is 5.11 Å². The van der Waals surface area contributed by atoms with Gasteiger partial charge in [-0.15, -0.1) is 0 Å². The summed E-state index contributed by atoms with van der Waals surface area (Å²) >= 11 is 0. The van der Waals surface area contributed by atoms with Crippen molar-refractivity contribution in [2.45, 2.75) is 0 Å². The number of para-hydroxylation sites is 1. The van der Waals surface area contributed by atoms with Gasteiger partial charge in [0.2, 0.25) is 5.88 Å². The number of pyridine rings is 1. The Hall–Kier alpha value is -3.00. The normalized spacial score (nSPS) is 10.6. The van der Waals surface area contributed by atoms with E-state index >= 15 is 0 Å². The van der Waals surface area contributed by atoms with Gasteiger partial charge in [0.05, 0.1) is 0 Å². The fourth-order valence-electron chi connectivity index (χ4n) is 2.43. The Labute approximate surface area is 114 Å². The molecule has 5 nitrogen and oxygen atoms in total. The van der Waals surface area contributed by atoms with E-state index in [1.807, 2.05) is 48.1 Å². The Morgan fingerprint density at radius 1 is 1.30 bits per heavy atom. The smallest absolute Gasteiger partial charge is 0.251 e. The molecule has 0 saturated heterocycles. The first-order chi connectivity index (χ1) is 9.61. The standard InChI is InChI=1S/C15H11N3O2/c1-18-8-12(9-4-2-3-5-13(9)18)10-6-14(19)17-15(20)11(10)7-16/h2-6,8H,1H3,(H2,17,19,20). The van der Waals surface area contributed by atoms with E-state index in [0.29, 0.717) is 5.56 Å². The maximum atomic E-state index is 11.6. The molecule has 0 bridgehead atoms. The number of aromatic nitrogens is 2. The lowest BCUT2D eigenvalue weighted by Crippen LogP contribution is -2.05. The number of fused-ring (bicyclic) bond motifs is 1. The van der Waals surface area contributed by atoms with Gasteiger partial charge in [-0.25, -0.2) is 0 Å². The number of aromatic hydroxyl groups is 1. The highest BCUT2D eigenvalue weighted by molar-refractivity contribution is 5.97. The molecule has 0 aliphatic rings. The zero-order valence-electron chi connectivity index (χ0n) is 10.7. The molecule has 0 unspecified atom stereocenters. The molecule has 0 saturated carbocycles. The van der Waals surface area contributed by atoms with Crippen LogP contribution in [-0.4, -0.2) is 14.7 Å². The van der Waals surface area contributed by atoms with Crippen LogP contribution in [0.2, 0.25) is 0 Å². The minimum Gasteiger partial charge on any atom is -0.494 e. The molecule has 2 heterocycles. The van der Waals surface area contributed by atoms with Crippen LogP contribution in [0.5, 0.6) is 5.88 Å². The first-order valence-electron chi connectivity index (χ1n) is 6.02. The summed E-state index contributed by atoms with van der Waals surface area (Å²) in [5.74, 6) is -0.400. The van der Waals surface area contributed by atoms with Crippen molar-refractivity contribution in [3.8, 4) is 23.1 Å². The number of hydrogen-bond donors (Lipinski definition) is 2. The predicted octanol–water partition coefficient (Wildman–Crippen LogP) is 2.11. The minimum atomic E-state index is -0.440. The first-order valence-corrected chi connectivity index (χ1v) is 6.02. The summed E-state index contributed by atoms with van der Waals surface area (Å²) < 4.78 is 1.92. The molecule has 2 N–H and O–H groups in total. The van der Waals surface area contributed by atoms with Gasteiger partial charge in [-0.1, -0.05) is 18.2 Å². The van der Waals surface area contributed by atoms with Crippen molar-refractivity contribution in [3.63, 3.8) is 0 Å². The zero-order valence-corrected chi connectivity index (χ0v) is 10.7. The van der Waals surface area contributed by atoms with Crippen LogP contribution in [-0.2, 0) is 7.05 Å². The largest absolute Gasteiger partial charge is 0.494 e. The molecule has 0 radical (unpaired) electrons. The molecule has 98 valence electrons. The first kappa shape index (κ1) is 12.1. The van der Waals surface area contributed by atoms with Crippen LogP contribution in [0.1, 0.15) is 5.56 Å². The number of benzene rings is 1. The number of nitrogens with zero attached hydrogens (tertiary/aromatic N) is 2. The fourth-order valence-corrected chi connectivity index (χ4v) is 2.43. The molecule has 0 aliphatic heterocycles. The predicted molar refractivity (Wildman–Crippen MR) is 75.4 cm³/mol. The monoisotopic (exact) mass is 265 g/mol. The summed E-state index contributed by atoms with van der Waals surface area (Å²) in [6, 6.07) is 11.0. The van der Waals surface area contributed by atoms with Crippen LogP contribution in [0.4, 0.5) is 0 Å². The van der Waals surface area contributed by atoms with Crippen LogP contribution in [0, 0.1) is 11.3 Å². The molecule has 0 atom stereocenters. The number of nitriles is 1. The van der Waals surface area contributed by atoms with Gasteiger partial charge in [0.15, 0.2) is 0 Å². The maximum Gasteiger partial charge on any atom is 0.251 e. The maximum absolute atomic E-state index is 11.6. The molecule has 20 heavy (non-hydrogen) atoms. The van der Waals surface area contributed by atoms with E-state index < -0.39 is 11.4 Å². The van der Waals surface area contributed by atoms with Gasteiger partial charge in [-0.2, -0.15) is 5.26 Å². The fraction of sp³-hybridized carbons (Fsp3) is 0.0667. The Morgan fingerprint density at radius 3 is 2.80 bits per heavy atom. The Kier molecular flexibility index (Phi) is 2.58. The highest BCUT2D eigenvalue weighted by atomic mass is 16.3. The van der Waals surface area contributed by atoms with Crippen LogP contribution >= 0.6 is 0 Å². The van der Waals surface area contributed by atoms with Crippen molar-refractivity contribution in [1.82, 2.24) is 9.55 Å². The zero-order chi connectivity index (χ0) is 14.3. The molecule has 3 rings (SSSR count). The third-order valence-corrected chi connectivity index (χ3v) is 3.32. The Bertz CT molecular complexity index is 913. The third-order valence-electron chi connectivity index (χ3n) is 3.32. The van der Waals surface area contributed by atoms with E-state index in [1.165, 1.54) is 6.07 Å². The number of nitrogens with one attached hydrogen (secondary N) is 1. The summed E-state index contributed by atoms with van der Waals surface area (Å²) in [7, 11) is 1.89. The topological polar surface area (TPSA) is 81.8 Å². The van der Waals surface area contributed by atoms with E-state index in [0.717, 1.165) is 16.5 Å². The van der Waals surface area contributed by atoms with Crippen molar-refractivity contribution in [1.29, 1.82) is 5.26 Å². The molecule has 0 spiro atoms. The van der Waals surface area contributed by atoms with E-state index in [9.17, 15) is 15.2 Å². The highest BCUT2D eigenvalue weighted by Gasteiger charge is 2.15. The number of hydrogen-bond acceptors (Lipinski definition) is 3. The summed E-state index contributed by atoms with van der Waals surface area (Å²) in [5, 5.41) is 19.8. The second kappa shape index (κ2) is 4.28. The van der Waals surface area contributed by atoms with E-state index in [4.69, 9.17) is 0 Å². The van der Waals surface area contributed by atoms with Crippen LogP contribution in [0.15, 0.2) is 41.3 Å². The lowest BCUT2D eigenvalue weighted by atomic mass is 10.0. The Balaban J connectivity index is 2.43. The molecule has 2 aromatic heterocycles. The number of rotatable bonds is 1. The van der Waals surface area contributed by atoms with Gasteiger partial charge < -0.3 is 9.67 Å². The minimum absolute atomic E-state index is 0.0703. The van der Waals surface area contributed by atoms with E-state index in [2.05, 4.69) is 4.98 Å². The average molecular weight is 265 g/mol. The summed E-state index contributed by atoms with van der Waals surface area (Å²) in [6.07, 6.45) is 1.85.